The van der Waals surface area contributed by atoms with Crippen LogP contribution in [0.2, 0.25) is 0 Å². The molecule has 0 aliphatic heterocycles. The lowest BCUT2D eigenvalue weighted by atomic mass is 10.1. The molecule has 3 heterocycles. The molecule has 0 aliphatic rings. The number of fused-ring (bicyclic) bond motifs is 4. The van der Waals surface area contributed by atoms with E-state index in [1.54, 1.807) is 6.20 Å². The molecule has 7 aromatic rings. The van der Waals surface area contributed by atoms with Gasteiger partial charge < -0.3 is 14.3 Å². The lowest BCUT2D eigenvalue weighted by Gasteiger charge is -2.10. The minimum atomic E-state index is 0.625. The van der Waals surface area contributed by atoms with Crippen molar-refractivity contribution in [1.29, 1.82) is 0 Å². The summed E-state index contributed by atoms with van der Waals surface area (Å²) in [4.78, 5) is 8.94. The lowest BCUT2D eigenvalue weighted by Crippen LogP contribution is -1.95. The standard InChI is InChI=1S/C30H20N4O/c1-3-9-27-24(7-1)25-16-15-22(18-28(25)34(27)23-6-5-17-31-19-23)32-21-13-11-20(12-14-21)30-33-26-8-2-4-10-29(26)35-30/h1-19,32H. The summed E-state index contributed by atoms with van der Waals surface area (Å²) in [6.07, 6.45) is 3.70. The molecule has 0 fully saturated rings. The number of para-hydroxylation sites is 3. The van der Waals surface area contributed by atoms with Crippen molar-refractivity contribution in [3.8, 4) is 17.1 Å². The van der Waals surface area contributed by atoms with Crippen LogP contribution in [0.4, 0.5) is 11.4 Å². The zero-order chi connectivity index (χ0) is 23.2. The van der Waals surface area contributed by atoms with Crippen LogP contribution in [-0.4, -0.2) is 14.5 Å². The Morgan fingerprint density at radius 1 is 0.686 bits per heavy atom. The Morgan fingerprint density at radius 2 is 1.49 bits per heavy atom. The first-order valence-corrected chi connectivity index (χ1v) is 11.5. The van der Waals surface area contributed by atoms with E-state index in [4.69, 9.17) is 4.42 Å². The predicted octanol–water partition coefficient (Wildman–Crippen LogP) is 7.73. The predicted molar refractivity (Wildman–Crippen MR) is 141 cm³/mol. The molecule has 0 spiro atoms. The van der Waals surface area contributed by atoms with Crippen LogP contribution in [0.5, 0.6) is 0 Å². The summed E-state index contributed by atoms with van der Waals surface area (Å²) < 4.78 is 8.17. The van der Waals surface area contributed by atoms with Crippen molar-refractivity contribution in [2.24, 2.45) is 0 Å². The largest absolute Gasteiger partial charge is 0.436 e. The molecule has 0 saturated carbocycles. The Bertz CT molecular complexity index is 1780. The fourth-order valence-corrected chi connectivity index (χ4v) is 4.67. The van der Waals surface area contributed by atoms with Crippen LogP contribution >= 0.6 is 0 Å². The molecule has 0 radical (unpaired) electrons. The second kappa shape index (κ2) is 7.85. The van der Waals surface area contributed by atoms with E-state index in [0.29, 0.717) is 5.89 Å². The maximum Gasteiger partial charge on any atom is 0.227 e. The molecule has 1 N–H and O–H groups in total. The van der Waals surface area contributed by atoms with Crippen LogP contribution in [-0.2, 0) is 0 Å². The van der Waals surface area contributed by atoms with Gasteiger partial charge in [0, 0.05) is 33.9 Å². The molecule has 3 aromatic heterocycles. The number of oxazole rings is 1. The molecule has 0 aliphatic carbocycles. The molecule has 166 valence electrons. The van der Waals surface area contributed by atoms with Gasteiger partial charge in [0.15, 0.2) is 5.58 Å². The van der Waals surface area contributed by atoms with Gasteiger partial charge in [-0.1, -0.05) is 36.4 Å². The van der Waals surface area contributed by atoms with Gasteiger partial charge in [0.25, 0.3) is 0 Å². The Labute approximate surface area is 201 Å². The van der Waals surface area contributed by atoms with Crippen LogP contribution in [0.25, 0.3) is 50.0 Å². The van der Waals surface area contributed by atoms with Crippen molar-refractivity contribution in [3.05, 3.63) is 116 Å². The fraction of sp³-hybridized carbons (Fsp3) is 0. The zero-order valence-electron chi connectivity index (χ0n) is 18.7. The van der Waals surface area contributed by atoms with Gasteiger partial charge in [0.2, 0.25) is 5.89 Å². The fourth-order valence-electron chi connectivity index (χ4n) is 4.67. The van der Waals surface area contributed by atoms with Gasteiger partial charge in [0.1, 0.15) is 5.52 Å². The minimum Gasteiger partial charge on any atom is -0.436 e. The Morgan fingerprint density at radius 3 is 2.34 bits per heavy atom. The number of rotatable bonds is 4. The molecule has 0 saturated heterocycles. The van der Waals surface area contributed by atoms with E-state index >= 15 is 0 Å². The SMILES string of the molecule is c1cncc(-n2c3ccccc3c3ccc(Nc4ccc(-c5nc6ccccc6o5)cc4)cc32)c1. The maximum atomic E-state index is 5.91. The number of nitrogens with one attached hydrogen (secondary N) is 1. The molecule has 0 bridgehead atoms. The Kier molecular flexibility index (Phi) is 4.39. The van der Waals surface area contributed by atoms with Gasteiger partial charge in [-0.15, -0.1) is 0 Å². The van der Waals surface area contributed by atoms with E-state index in [0.717, 1.165) is 44.8 Å². The molecule has 0 unspecified atom stereocenters. The van der Waals surface area contributed by atoms with E-state index < -0.39 is 0 Å². The molecular formula is C30H20N4O. The van der Waals surface area contributed by atoms with Gasteiger partial charge in [0.05, 0.1) is 22.9 Å². The van der Waals surface area contributed by atoms with Crippen molar-refractivity contribution in [2.75, 3.05) is 5.32 Å². The molecule has 0 atom stereocenters. The number of benzene rings is 4. The van der Waals surface area contributed by atoms with Gasteiger partial charge >= 0.3 is 0 Å². The average Bonchev–Trinajstić information content (AvgIpc) is 3.49. The molecule has 5 nitrogen and oxygen atoms in total. The highest BCUT2D eigenvalue weighted by Crippen LogP contribution is 2.34. The number of aromatic nitrogens is 3. The lowest BCUT2D eigenvalue weighted by molar-refractivity contribution is 0.620. The monoisotopic (exact) mass is 452 g/mol. The first-order chi connectivity index (χ1) is 17.3. The highest BCUT2D eigenvalue weighted by molar-refractivity contribution is 6.10. The second-order valence-corrected chi connectivity index (χ2v) is 8.48. The molecule has 7 rings (SSSR count). The van der Waals surface area contributed by atoms with Gasteiger partial charge in [-0.2, -0.15) is 0 Å². The van der Waals surface area contributed by atoms with Crippen LogP contribution in [0, 0.1) is 0 Å². The third-order valence-electron chi connectivity index (χ3n) is 6.29. The normalized spacial score (nSPS) is 11.4. The summed E-state index contributed by atoms with van der Waals surface area (Å²) in [5.41, 5.74) is 7.94. The number of anilines is 2. The number of hydrogen-bond donors (Lipinski definition) is 1. The highest BCUT2D eigenvalue weighted by atomic mass is 16.3. The summed E-state index contributed by atoms with van der Waals surface area (Å²) in [7, 11) is 0. The summed E-state index contributed by atoms with van der Waals surface area (Å²) in [6.45, 7) is 0. The number of pyridine rings is 1. The van der Waals surface area contributed by atoms with Crippen molar-refractivity contribution in [3.63, 3.8) is 0 Å². The molecule has 35 heavy (non-hydrogen) atoms. The molecular weight excluding hydrogens is 432 g/mol. The van der Waals surface area contributed by atoms with Crippen molar-refractivity contribution in [1.82, 2.24) is 14.5 Å². The van der Waals surface area contributed by atoms with Crippen molar-refractivity contribution in [2.45, 2.75) is 0 Å². The van der Waals surface area contributed by atoms with E-state index in [2.05, 4.69) is 68.4 Å². The van der Waals surface area contributed by atoms with Gasteiger partial charge in [-0.25, -0.2) is 4.98 Å². The smallest absolute Gasteiger partial charge is 0.227 e. The second-order valence-electron chi connectivity index (χ2n) is 8.48. The topological polar surface area (TPSA) is 55.9 Å². The van der Waals surface area contributed by atoms with E-state index in [-0.39, 0.29) is 0 Å². The number of nitrogens with zero attached hydrogens (tertiary/aromatic N) is 3. The molecule has 0 amide bonds. The summed E-state index contributed by atoms with van der Waals surface area (Å²) in [5.74, 6) is 0.625. The van der Waals surface area contributed by atoms with Crippen molar-refractivity contribution >= 4 is 44.3 Å². The highest BCUT2D eigenvalue weighted by Gasteiger charge is 2.13. The summed E-state index contributed by atoms with van der Waals surface area (Å²) in [5, 5.41) is 5.98. The van der Waals surface area contributed by atoms with Gasteiger partial charge in [-0.3, -0.25) is 4.98 Å². The first kappa shape index (κ1) is 19.6. The minimum absolute atomic E-state index is 0.625. The van der Waals surface area contributed by atoms with Crippen LogP contribution < -0.4 is 5.32 Å². The molecule has 4 aromatic carbocycles. The third-order valence-corrected chi connectivity index (χ3v) is 6.29. The Balaban J connectivity index is 1.26. The quantitative estimate of drug-likeness (QED) is 0.297. The summed E-state index contributed by atoms with van der Waals surface area (Å²) >= 11 is 0. The van der Waals surface area contributed by atoms with Crippen molar-refractivity contribution < 1.29 is 4.42 Å². The van der Waals surface area contributed by atoms with Gasteiger partial charge in [-0.05, 0) is 66.7 Å². The summed E-state index contributed by atoms with van der Waals surface area (Å²) in [6, 6.07) is 35.0. The van der Waals surface area contributed by atoms with E-state index in [1.807, 2.05) is 60.8 Å². The van der Waals surface area contributed by atoms with Crippen LogP contribution in [0.3, 0.4) is 0 Å². The third kappa shape index (κ3) is 3.33. The zero-order valence-corrected chi connectivity index (χ0v) is 18.7. The molecule has 5 heteroatoms. The van der Waals surface area contributed by atoms with Crippen LogP contribution in [0.1, 0.15) is 0 Å². The maximum absolute atomic E-state index is 5.91. The number of hydrogen-bond acceptors (Lipinski definition) is 4. The van der Waals surface area contributed by atoms with E-state index in [9.17, 15) is 0 Å². The first-order valence-electron chi connectivity index (χ1n) is 11.5. The average molecular weight is 453 g/mol. The Hall–Kier alpha value is -4.90. The van der Waals surface area contributed by atoms with Crippen LogP contribution in [0.15, 0.2) is 120 Å². The van der Waals surface area contributed by atoms with E-state index in [1.165, 1.54) is 10.8 Å².